The number of rotatable bonds is 4. The van der Waals surface area contributed by atoms with Crippen molar-refractivity contribution in [3.8, 4) is 22.6 Å². The van der Waals surface area contributed by atoms with Gasteiger partial charge >= 0.3 is 11.9 Å². The van der Waals surface area contributed by atoms with E-state index in [0.29, 0.717) is 0 Å². The number of ether oxygens (including phenoxy) is 2. The SMILES string of the molecule is C=CC(=O)Oc1ccc(-c2ccc(OC(C)=O)c(F)c2F)c(F)c1F. The Balaban J connectivity index is 2.50. The lowest BCUT2D eigenvalue weighted by Gasteiger charge is -2.11. The van der Waals surface area contributed by atoms with Crippen molar-refractivity contribution in [1.82, 2.24) is 0 Å². The van der Waals surface area contributed by atoms with Crippen LogP contribution >= 0.6 is 0 Å². The second kappa shape index (κ2) is 7.16. The van der Waals surface area contributed by atoms with E-state index in [4.69, 9.17) is 0 Å². The largest absolute Gasteiger partial charge is 0.423 e. The summed E-state index contributed by atoms with van der Waals surface area (Å²) in [7, 11) is 0. The van der Waals surface area contributed by atoms with E-state index in [2.05, 4.69) is 16.1 Å². The van der Waals surface area contributed by atoms with E-state index in [0.717, 1.165) is 37.3 Å². The summed E-state index contributed by atoms with van der Waals surface area (Å²) >= 11 is 0. The van der Waals surface area contributed by atoms with Gasteiger partial charge in [-0.3, -0.25) is 4.79 Å². The minimum atomic E-state index is -1.56. The minimum Gasteiger partial charge on any atom is -0.423 e. The number of benzene rings is 2. The van der Waals surface area contributed by atoms with Crippen molar-refractivity contribution >= 4 is 11.9 Å². The van der Waals surface area contributed by atoms with Gasteiger partial charge in [-0.15, -0.1) is 0 Å². The number of hydrogen-bond donors (Lipinski definition) is 0. The highest BCUT2D eigenvalue weighted by Crippen LogP contribution is 2.34. The van der Waals surface area contributed by atoms with Crippen molar-refractivity contribution in [1.29, 1.82) is 0 Å². The summed E-state index contributed by atoms with van der Waals surface area (Å²) in [5.74, 6) is -9.49. The molecular weight excluding hydrogens is 344 g/mol. The summed E-state index contributed by atoms with van der Waals surface area (Å²) in [6.45, 7) is 4.10. The third kappa shape index (κ3) is 3.68. The monoisotopic (exact) mass is 354 g/mol. The van der Waals surface area contributed by atoms with Crippen LogP contribution in [0, 0.1) is 23.3 Å². The van der Waals surface area contributed by atoms with Crippen molar-refractivity contribution in [2.75, 3.05) is 0 Å². The highest BCUT2D eigenvalue weighted by atomic mass is 19.2. The molecule has 0 amide bonds. The van der Waals surface area contributed by atoms with E-state index < -0.39 is 57.8 Å². The molecule has 0 aromatic heterocycles. The second-order valence-electron chi connectivity index (χ2n) is 4.70. The fourth-order valence-corrected chi connectivity index (χ4v) is 1.94. The van der Waals surface area contributed by atoms with E-state index in [1.54, 1.807) is 0 Å². The van der Waals surface area contributed by atoms with Crippen LogP contribution in [0.25, 0.3) is 11.1 Å². The van der Waals surface area contributed by atoms with Gasteiger partial charge in [0.05, 0.1) is 0 Å². The van der Waals surface area contributed by atoms with Gasteiger partial charge < -0.3 is 9.47 Å². The van der Waals surface area contributed by atoms with Crippen LogP contribution in [0.3, 0.4) is 0 Å². The predicted octanol–water partition coefficient (Wildman–Crippen LogP) is 3.93. The van der Waals surface area contributed by atoms with E-state index >= 15 is 0 Å². The Bertz CT molecular complexity index is 877. The molecule has 0 saturated carbocycles. The third-order valence-corrected chi connectivity index (χ3v) is 3.01. The summed E-state index contributed by atoms with van der Waals surface area (Å²) in [6, 6.07) is 3.61. The van der Waals surface area contributed by atoms with Crippen molar-refractivity contribution < 1.29 is 36.6 Å². The first-order chi connectivity index (χ1) is 11.8. The molecule has 2 rings (SSSR count). The lowest BCUT2D eigenvalue weighted by Crippen LogP contribution is -2.07. The highest BCUT2D eigenvalue weighted by molar-refractivity contribution is 5.83. The van der Waals surface area contributed by atoms with Crippen LogP contribution < -0.4 is 9.47 Å². The molecule has 0 saturated heterocycles. The van der Waals surface area contributed by atoms with Gasteiger partial charge in [0, 0.05) is 24.1 Å². The number of carbonyl (C=O) groups is 2. The van der Waals surface area contributed by atoms with E-state index in [1.807, 2.05) is 0 Å². The molecule has 2 aromatic carbocycles. The molecule has 0 atom stereocenters. The Morgan fingerprint density at radius 3 is 1.68 bits per heavy atom. The third-order valence-electron chi connectivity index (χ3n) is 3.01. The molecular formula is C17H10F4O4. The summed E-state index contributed by atoms with van der Waals surface area (Å²) in [5.41, 5.74) is -1.21. The lowest BCUT2D eigenvalue weighted by molar-refractivity contribution is -0.132. The molecule has 8 heteroatoms. The molecule has 25 heavy (non-hydrogen) atoms. The van der Waals surface area contributed by atoms with Gasteiger partial charge in [0.15, 0.2) is 23.1 Å². The summed E-state index contributed by atoms with van der Waals surface area (Å²) in [4.78, 5) is 21.9. The molecule has 0 aliphatic carbocycles. The molecule has 2 aromatic rings. The van der Waals surface area contributed by atoms with Gasteiger partial charge in [0.25, 0.3) is 0 Å². The molecule has 0 unspecified atom stereocenters. The van der Waals surface area contributed by atoms with Gasteiger partial charge in [-0.2, -0.15) is 8.78 Å². The van der Waals surface area contributed by atoms with Gasteiger partial charge in [-0.25, -0.2) is 13.6 Å². The van der Waals surface area contributed by atoms with Crippen molar-refractivity contribution in [3.63, 3.8) is 0 Å². The fraction of sp³-hybridized carbons (Fsp3) is 0.0588. The van der Waals surface area contributed by atoms with Crippen LogP contribution in [0.2, 0.25) is 0 Å². The number of carbonyl (C=O) groups excluding carboxylic acids is 2. The van der Waals surface area contributed by atoms with E-state index in [9.17, 15) is 27.2 Å². The molecule has 0 bridgehead atoms. The maximum absolute atomic E-state index is 14.2. The lowest BCUT2D eigenvalue weighted by atomic mass is 10.0. The van der Waals surface area contributed by atoms with E-state index in [-0.39, 0.29) is 0 Å². The van der Waals surface area contributed by atoms with Crippen LogP contribution in [0.4, 0.5) is 17.6 Å². The Morgan fingerprint density at radius 2 is 1.28 bits per heavy atom. The minimum absolute atomic E-state index is 0.605. The molecule has 0 radical (unpaired) electrons. The Kier molecular flexibility index (Phi) is 5.21. The van der Waals surface area contributed by atoms with Crippen molar-refractivity contribution in [2.24, 2.45) is 0 Å². The average molecular weight is 354 g/mol. The van der Waals surface area contributed by atoms with Crippen LogP contribution in [-0.2, 0) is 9.59 Å². The van der Waals surface area contributed by atoms with Gasteiger partial charge in [0.1, 0.15) is 0 Å². The van der Waals surface area contributed by atoms with Gasteiger partial charge in [-0.1, -0.05) is 6.58 Å². The number of hydrogen-bond acceptors (Lipinski definition) is 4. The zero-order chi connectivity index (χ0) is 18.7. The maximum Gasteiger partial charge on any atom is 0.335 e. The molecule has 0 spiro atoms. The van der Waals surface area contributed by atoms with Crippen LogP contribution in [-0.4, -0.2) is 11.9 Å². The zero-order valence-electron chi connectivity index (χ0n) is 12.7. The zero-order valence-corrected chi connectivity index (χ0v) is 12.7. The standard InChI is InChI=1S/C17H10F4O4/c1-3-13(23)25-12-7-5-10(15(19)17(12)21)9-4-6-11(24-8(2)22)16(20)14(9)18/h3-7H,1H2,2H3. The molecule has 0 fully saturated rings. The molecule has 0 N–H and O–H groups in total. The quantitative estimate of drug-likeness (QED) is 0.361. The number of halogens is 4. The Hall–Kier alpha value is -3.16. The molecule has 0 aliphatic rings. The van der Waals surface area contributed by atoms with Crippen LogP contribution in [0.15, 0.2) is 36.9 Å². The first kappa shape index (κ1) is 18.2. The topological polar surface area (TPSA) is 52.6 Å². The van der Waals surface area contributed by atoms with E-state index in [1.165, 1.54) is 0 Å². The Morgan fingerprint density at radius 1 is 0.840 bits per heavy atom. The second-order valence-corrected chi connectivity index (χ2v) is 4.70. The normalized spacial score (nSPS) is 10.3. The van der Waals surface area contributed by atoms with Gasteiger partial charge in [0.2, 0.25) is 11.6 Å². The van der Waals surface area contributed by atoms with Crippen LogP contribution in [0.1, 0.15) is 6.92 Å². The highest BCUT2D eigenvalue weighted by Gasteiger charge is 2.22. The van der Waals surface area contributed by atoms with Crippen molar-refractivity contribution in [2.45, 2.75) is 6.92 Å². The summed E-state index contributed by atoms with van der Waals surface area (Å²) in [5, 5.41) is 0. The Labute approximate surface area is 139 Å². The first-order valence-corrected chi connectivity index (χ1v) is 6.75. The van der Waals surface area contributed by atoms with Crippen molar-refractivity contribution in [3.05, 3.63) is 60.2 Å². The first-order valence-electron chi connectivity index (χ1n) is 6.75. The van der Waals surface area contributed by atoms with Gasteiger partial charge in [-0.05, 0) is 24.3 Å². The molecule has 4 nitrogen and oxygen atoms in total. The smallest absolute Gasteiger partial charge is 0.335 e. The molecule has 0 aliphatic heterocycles. The fourth-order valence-electron chi connectivity index (χ4n) is 1.94. The average Bonchev–Trinajstić information content (AvgIpc) is 2.57. The summed E-state index contributed by atoms with van der Waals surface area (Å²) < 4.78 is 65.1. The summed E-state index contributed by atoms with van der Waals surface area (Å²) in [6.07, 6.45) is 0.744. The number of esters is 2. The molecule has 0 heterocycles. The maximum atomic E-state index is 14.2. The predicted molar refractivity (Wildman–Crippen MR) is 78.9 cm³/mol. The molecule has 130 valence electrons. The van der Waals surface area contributed by atoms with Crippen LogP contribution in [0.5, 0.6) is 11.5 Å².